The van der Waals surface area contributed by atoms with Gasteiger partial charge in [-0.25, -0.2) is 4.39 Å². The molecule has 0 radical (unpaired) electrons. The highest BCUT2D eigenvalue weighted by Gasteiger charge is 2.41. The van der Waals surface area contributed by atoms with E-state index in [1.54, 1.807) is 0 Å². The molecule has 1 N–H and O–H groups in total. The number of carbonyl (C=O) groups excluding carboxylic acids is 3. The first kappa shape index (κ1) is 25.1. The Hall–Kier alpha value is -4.24. The fourth-order valence-electron chi connectivity index (χ4n) is 5.58. The number of piperazine rings is 1. The van der Waals surface area contributed by atoms with Crippen molar-refractivity contribution in [3.8, 4) is 11.5 Å². The van der Waals surface area contributed by atoms with Crippen LogP contribution in [0.25, 0.3) is 0 Å². The van der Waals surface area contributed by atoms with Crippen molar-refractivity contribution in [3.63, 3.8) is 0 Å². The summed E-state index contributed by atoms with van der Waals surface area (Å²) in [5, 5.41) is 2.31. The number of anilines is 1. The molecule has 0 saturated carbocycles. The van der Waals surface area contributed by atoms with E-state index in [9.17, 15) is 18.8 Å². The maximum absolute atomic E-state index is 14.6. The molecule has 3 aliphatic rings. The molecule has 6 rings (SSSR count). The average molecular weight is 529 g/mol. The highest BCUT2D eigenvalue weighted by Crippen LogP contribution is 2.35. The normalized spacial score (nSPS) is 19.7. The Balaban J connectivity index is 1.09. The molecule has 8 nitrogen and oxygen atoms in total. The number of hydrogen-bond donors (Lipinski definition) is 1. The van der Waals surface area contributed by atoms with Crippen molar-refractivity contribution < 1.29 is 23.5 Å². The minimum atomic E-state index is -0.722. The van der Waals surface area contributed by atoms with Gasteiger partial charge in [-0.05, 0) is 48.4 Å². The zero-order chi connectivity index (χ0) is 26.9. The largest absolute Gasteiger partial charge is 0.457 e. The van der Waals surface area contributed by atoms with Gasteiger partial charge in [0.2, 0.25) is 11.8 Å². The van der Waals surface area contributed by atoms with Gasteiger partial charge in [0, 0.05) is 62.5 Å². The summed E-state index contributed by atoms with van der Waals surface area (Å²) >= 11 is 0. The summed E-state index contributed by atoms with van der Waals surface area (Å²) < 4.78 is 20.5. The lowest BCUT2D eigenvalue weighted by atomic mass is 10.0. The first-order chi connectivity index (χ1) is 18.9. The van der Waals surface area contributed by atoms with Gasteiger partial charge in [0.15, 0.2) is 0 Å². The zero-order valence-electron chi connectivity index (χ0n) is 21.4. The van der Waals surface area contributed by atoms with Gasteiger partial charge in [-0.15, -0.1) is 0 Å². The van der Waals surface area contributed by atoms with E-state index < -0.39 is 17.8 Å². The average Bonchev–Trinajstić information content (AvgIpc) is 3.26. The molecule has 2 fully saturated rings. The monoisotopic (exact) mass is 528 g/mol. The number of benzene rings is 3. The number of ether oxygens (including phenoxy) is 1. The minimum absolute atomic E-state index is 0.183. The van der Waals surface area contributed by atoms with Crippen LogP contribution in [0.2, 0.25) is 0 Å². The van der Waals surface area contributed by atoms with Crippen molar-refractivity contribution in [2.24, 2.45) is 0 Å². The third kappa shape index (κ3) is 5.22. The van der Waals surface area contributed by atoms with Gasteiger partial charge in [0.25, 0.3) is 5.91 Å². The molecular weight excluding hydrogens is 499 g/mol. The number of carbonyl (C=O) groups is 3. The molecule has 3 aromatic carbocycles. The molecule has 1 unspecified atom stereocenters. The summed E-state index contributed by atoms with van der Waals surface area (Å²) in [7, 11) is 0. The number of para-hydroxylation sites is 1. The standard InChI is InChI=1S/C30H29FN4O4/c31-21-16-24-25(19-35(30(24)38)26-10-11-28(36)32-29(26)37)27(17-21)34-14-12-33(13-15-34)18-20-6-8-23(9-7-20)39-22-4-2-1-3-5-22/h1-9,16-17,26H,10-15,18-19H2,(H,32,36,37). The van der Waals surface area contributed by atoms with E-state index in [4.69, 9.17) is 4.74 Å². The van der Waals surface area contributed by atoms with Crippen molar-refractivity contribution in [1.82, 2.24) is 15.1 Å². The zero-order valence-corrected chi connectivity index (χ0v) is 21.4. The maximum atomic E-state index is 14.6. The number of fused-ring (bicyclic) bond motifs is 1. The molecule has 0 bridgehead atoms. The van der Waals surface area contributed by atoms with Gasteiger partial charge in [0.1, 0.15) is 23.4 Å². The Morgan fingerprint density at radius 1 is 0.897 bits per heavy atom. The fourth-order valence-corrected chi connectivity index (χ4v) is 5.58. The molecule has 0 aromatic heterocycles. The van der Waals surface area contributed by atoms with Crippen LogP contribution in [0, 0.1) is 5.82 Å². The van der Waals surface area contributed by atoms with Crippen LogP contribution in [0.1, 0.15) is 34.3 Å². The van der Waals surface area contributed by atoms with Crippen LogP contribution in [-0.2, 0) is 22.7 Å². The highest BCUT2D eigenvalue weighted by molar-refractivity contribution is 6.06. The van der Waals surface area contributed by atoms with Gasteiger partial charge in [-0.1, -0.05) is 30.3 Å². The number of imide groups is 1. The Labute approximate surface area is 226 Å². The van der Waals surface area contributed by atoms with Crippen LogP contribution in [0.3, 0.4) is 0 Å². The van der Waals surface area contributed by atoms with E-state index in [0.29, 0.717) is 24.3 Å². The van der Waals surface area contributed by atoms with Crippen LogP contribution in [0.15, 0.2) is 66.7 Å². The summed E-state index contributed by atoms with van der Waals surface area (Å²) in [6.45, 7) is 3.99. The topological polar surface area (TPSA) is 82.2 Å². The number of rotatable bonds is 6. The molecule has 1 atom stereocenters. The smallest absolute Gasteiger partial charge is 0.255 e. The first-order valence-electron chi connectivity index (χ1n) is 13.2. The predicted octanol–water partition coefficient (Wildman–Crippen LogP) is 3.70. The van der Waals surface area contributed by atoms with Crippen molar-refractivity contribution in [2.45, 2.75) is 32.0 Å². The fraction of sp³-hybridized carbons (Fsp3) is 0.300. The van der Waals surface area contributed by atoms with Gasteiger partial charge in [-0.3, -0.25) is 24.6 Å². The number of hydrogen-bond acceptors (Lipinski definition) is 6. The van der Waals surface area contributed by atoms with Crippen LogP contribution in [-0.4, -0.2) is 59.7 Å². The molecule has 0 aliphatic carbocycles. The number of halogens is 1. The summed E-state index contributed by atoms with van der Waals surface area (Å²) in [6, 6.07) is 19.8. The SMILES string of the molecule is O=C1CCC(N2Cc3c(cc(F)cc3N3CCN(Cc4ccc(Oc5ccccc5)cc4)CC3)C2=O)C(=O)N1. The van der Waals surface area contributed by atoms with Gasteiger partial charge >= 0.3 is 0 Å². The number of piperidine rings is 1. The summed E-state index contributed by atoms with van der Waals surface area (Å²) in [6.07, 6.45) is 0.461. The number of nitrogens with one attached hydrogen (secondary N) is 1. The lowest BCUT2D eigenvalue weighted by Gasteiger charge is -2.37. The number of nitrogens with zero attached hydrogens (tertiary/aromatic N) is 3. The van der Waals surface area contributed by atoms with Crippen LogP contribution in [0.5, 0.6) is 11.5 Å². The minimum Gasteiger partial charge on any atom is -0.457 e. The van der Waals surface area contributed by atoms with Crippen molar-refractivity contribution in [3.05, 3.63) is 89.2 Å². The van der Waals surface area contributed by atoms with E-state index >= 15 is 0 Å². The van der Waals surface area contributed by atoms with E-state index in [1.807, 2.05) is 42.5 Å². The quantitative estimate of drug-likeness (QED) is 0.492. The van der Waals surface area contributed by atoms with Crippen molar-refractivity contribution >= 4 is 23.4 Å². The summed E-state index contributed by atoms with van der Waals surface area (Å²) in [5.41, 5.74) is 2.93. The first-order valence-corrected chi connectivity index (χ1v) is 13.2. The molecule has 2 saturated heterocycles. The predicted molar refractivity (Wildman–Crippen MR) is 143 cm³/mol. The molecular formula is C30H29FN4O4. The second kappa shape index (κ2) is 10.5. The lowest BCUT2D eigenvalue weighted by Crippen LogP contribution is -2.52. The maximum Gasteiger partial charge on any atom is 0.255 e. The second-order valence-electron chi connectivity index (χ2n) is 10.2. The molecule has 39 heavy (non-hydrogen) atoms. The molecule has 3 amide bonds. The van der Waals surface area contributed by atoms with E-state index in [0.717, 1.165) is 36.7 Å². The summed E-state index contributed by atoms with van der Waals surface area (Å²) in [5.74, 6) is -0.0482. The second-order valence-corrected chi connectivity index (χ2v) is 10.2. The van der Waals surface area contributed by atoms with Crippen LogP contribution < -0.4 is 15.0 Å². The Morgan fingerprint density at radius 2 is 1.62 bits per heavy atom. The molecule has 3 aliphatic heterocycles. The van der Waals surface area contributed by atoms with Crippen molar-refractivity contribution in [2.75, 3.05) is 31.1 Å². The Bertz CT molecular complexity index is 1400. The number of amides is 3. The molecule has 200 valence electrons. The van der Waals surface area contributed by atoms with Crippen molar-refractivity contribution in [1.29, 1.82) is 0 Å². The third-order valence-electron chi connectivity index (χ3n) is 7.62. The van der Waals surface area contributed by atoms with E-state index in [2.05, 4.69) is 27.2 Å². The highest BCUT2D eigenvalue weighted by atomic mass is 19.1. The van der Waals surface area contributed by atoms with Gasteiger partial charge in [0.05, 0.1) is 0 Å². The molecule has 9 heteroatoms. The lowest BCUT2D eigenvalue weighted by molar-refractivity contribution is -0.136. The van der Waals surface area contributed by atoms with E-state index in [-0.39, 0.29) is 31.2 Å². The van der Waals surface area contributed by atoms with Crippen LogP contribution in [0.4, 0.5) is 10.1 Å². The van der Waals surface area contributed by atoms with Crippen LogP contribution >= 0.6 is 0 Å². The summed E-state index contributed by atoms with van der Waals surface area (Å²) in [4.78, 5) is 43.1. The molecule has 3 aromatic rings. The van der Waals surface area contributed by atoms with E-state index in [1.165, 1.54) is 22.6 Å². The molecule has 0 spiro atoms. The third-order valence-corrected chi connectivity index (χ3v) is 7.62. The molecule has 3 heterocycles. The van der Waals surface area contributed by atoms with Gasteiger partial charge in [-0.2, -0.15) is 0 Å². The Kier molecular flexibility index (Phi) is 6.74. The Morgan fingerprint density at radius 3 is 2.33 bits per heavy atom. The van der Waals surface area contributed by atoms with Gasteiger partial charge < -0.3 is 14.5 Å².